The molecule has 4 aromatic rings. The van der Waals surface area contributed by atoms with Gasteiger partial charge in [-0.1, -0.05) is 77.8 Å². The maximum atomic E-state index is 13.1. The summed E-state index contributed by atoms with van der Waals surface area (Å²) in [6.45, 7) is -0.0567. The van der Waals surface area contributed by atoms with Gasteiger partial charge in [-0.05, 0) is 36.2 Å². The van der Waals surface area contributed by atoms with Gasteiger partial charge in [-0.2, -0.15) is 0 Å². The molecule has 9 heteroatoms. The van der Waals surface area contributed by atoms with Gasteiger partial charge in [0.1, 0.15) is 0 Å². The van der Waals surface area contributed by atoms with E-state index in [4.69, 9.17) is 23.2 Å². The molecular weight excluding hydrogens is 489 g/mol. The van der Waals surface area contributed by atoms with E-state index in [-0.39, 0.29) is 17.9 Å². The van der Waals surface area contributed by atoms with Crippen molar-refractivity contribution in [1.82, 2.24) is 15.0 Å². The Morgan fingerprint density at radius 1 is 0.743 bits per heavy atom. The number of rotatable bonds is 7. The van der Waals surface area contributed by atoms with Gasteiger partial charge in [0.25, 0.3) is 5.91 Å². The zero-order valence-electron chi connectivity index (χ0n) is 18.2. The van der Waals surface area contributed by atoms with E-state index in [1.165, 1.54) is 0 Å². The van der Waals surface area contributed by atoms with Crippen molar-refractivity contribution >= 4 is 35.1 Å². The first-order valence-corrected chi connectivity index (χ1v) is 11.3. The van der Waals surface area contributed by atoms with Crippen LogP contribution in [0.2, 0.25) is 10.0 Å². The number of aromatic carboxylic acids is 1. The molecule has 0 radical (unpaired) electrons. The predicted octanol–water partition coefficient (Wildman–Crippen LogP) is 5.89. The molecule has 0 fully saturated rings. The molecule has 0 atom stereocenters. The van der Waals surface area contributed by atoms with Crippen molar-refractivity contribution in [1.29, 1.82) is 0 Å². The highest BCUT2D eigenvalue weighted by Gasteiger charge is 2.28. The number of carboxylic acid groups (broad SMARTS) is 1. The fourth-order valence-electron chi connectivity index (χ4n) is 3.46. The highest BCUT2D eigenvalue weighted by atomic mass is 35.5. The van der Waals surface area contributed by atoms with Crippen LogP contribution >= 0.6 is 23.2 Å². The summed E-state index contributed by atoms with van der Waals surface area (Å²) in [5, 5.41) is 21.7. The first-order chi connectivity index (χ1) is 16.8. The van der Waals surface area contributed by atoms with E-state index in [9.17, 15) is 19.9 Å². The summed E-state index contributed by atoms with van der Waals surface area (Å²) < 4.78 is 0. The second kappa shape index (κ2) is 10.7. The summed E-state index contributed by atoms with van der Waals surface area (Å²) in [6.07, 6.45) is 0.367. The fourth-order valence-corrected chi connectivity index (χ4v) is 3.71. The number of hydrogen-bond donors (Lipinski definition) is 2. The number of carbonyl (C=O) groups is 2. The van der Waals surface area contributed by atoms with E-state index >= 15 is 0 Å². The third-order valence-corrected chi connectivity index (χ3v) is 5.73. The van der Waals surface area contributed by atoms with Crippen LogP contribution in [0.3, 0.4) is 0 Å². The van der Waals surface area contributed by atoms with Gasteiger partial charge in [0, 0.05) is 21.2 Å². The van der Waals surface area contributed by atoms with Gasteiger partial charge in [0.15, 0.2) is 11.4 Å². The lowest BCUT2D eigenvalue weighted by Gasteiger charge is -2.17. The molecule has 0 unspecified atom stereocenters. The van der Waals surface area contributed by atoms with Crippen molar-refractivity contribution in [3.8, 4) is 22.5 Å². The molecule has 0 bridgehead atoms. The number of carboxylic acids is 1. The molecule has 1 heterocycles. The Bertz CT molecular complexity index is 1360. The van der Waals surface area contributed by atoms with E-state index in [1.807, 2.05) is 30.3 Å². The molecule has 1 amide bonds. The van der Waals surface area contributed by atoms with E-state index in [0.717, 1.165) is 5.56 Å². The Balaban J connectivity index is 1.79. The average Bonchev–Trinajstić information content (AvgIpc) is 2.87. The summed E-state index contributed by atoms with van der Waals surface area (Å²) in [6, 6.07) is 22.6. The number of nitrogens with zero attached hydrogens (tertiary/aromatic N) is 3. The van der Waals surface area contributed by atoms with Crippen LogP contribution in [0, 0.1) is 0 Å². The topological polar surface area (TPSA) is 104 Å². The molecule has 0 aliphatic carbocycles. The van der Waals surface area contributed by atoms with Crippen molar-refractivity contribution in [3.63, 3.8) is 0 Å². The van der Waals surface area contributed by atoms with Crippen molar-refractivity contribution in [2.45, 2.75) is 6.42 Å². The molecule has 4 rings (SSSR count). The number of hydroxylamine groups is 2. The zero-order valence-corrected chi connectivity index (χ0v) is 19.7. The molecule has 176 valence electrons. The highest BCUT2D eigenvalue weighted by Crippen LogP contribution is 2.32. The van der Waals surface area contributed by atoms with Gasteiger partial charge < -0.3 is 5.11 Å². The molecule has 2 N–H and O–H groups in total. The SMILES string of the molecule is O=C(O)c1nc(-c2ccc(Cl)cc2)c(-c2ccc(Cl)cc2)nc1C(=O)N(O)CCc1ccccc1. The third kappa shape index (κ3) is 5.66. The molecule has 7 nitrogen and oxygen atoms in total. The molecule has 0 aliphatic rings. The minimum atomic E-state index is -1.45. The number of carbonyl (C=O) groups excluding carboxylic acids is 1. The van der Waals surface area contributed by atoms with Crippen LogP contribution in [0.1, 0.15) is 26.5 Å². The molecule has 1 aromatic heterocycles. The standard InChI is InChI=1S/C26H19Cl2N3O4/c27-19-10-6-17(7-11-19)21-22(18-8-12-20(28)13-9-18)30-24(26(33)34)23(29-21)25(32)31(35)15-14-16-4-2-1-3-5-16/h1-13,35H,14-15H2,(H,33,34). The van der Waals surface area contributed by atoms with Crippen LogP contribution in [0.25, 0.3) is 22.5 Å². The molecule has 3 aromatic carbocycles. The highest BCUT2D eigenvalue weighted by molar-refractivity contribution is 6.31. The lowest BCUT2D eigenvalue weighted by atomic mass is 10.0. The molecular formula is C26H19Cl2N3O4. The second-order valence-electron chi connectivity index (χ2n) is 7.60. The van der Waals surface area contributed by atoms with Crippen molar-refractivity contribution in [2.24, 2.45) is 0 Å². The smallest absolute Gasteiger partial charge is 0.357 e. The van der Waals surface area contributed by atoms with Crippen LogP contribution < -0.4 is 0 Å². The summed E-state index contributed by atoms with van der Waals surface area (Å²) in [5.74, 6) is -2.42. The first kappa shape index (κ1) is 24.3. The number of aromatic nitrogens is 2. The maximum Gasteiger partial charge on any atom is 0.357 e. The summed E-state index contributed by atoms with van der Waals surface area (Å²) in [4.78, 5) is 33.9. The van der Waals surface area contributed by atoms with E-state index < -0.39 is 23.3 Å². The lowest BCUT2D eigenvalue weighted by molar-refractivity contribution is -0.0577. The molecule has 0 spiro atoms. The Kier molecular flexibility index (Phi) is 7.41. The Morgan fingerprint density at radius 3 is 1.71 bits per heavy atom. The predicted molar refractivity (Wildman–Crippen MR) is 133 cm³/mol. The van der Waals surface area contributed by atoms with Gasteiger partial charge in [-0.3, -0.25) is 10.0 Å². The molecule has 0 saturated carbocycles. The largest absolute Gasteiger partial charge is 0.476 e. The van der Waals surface area contributed by atoms with Crippen molar-refractivity contribution < 1.29 is 19.9 Å². The molecule has 0 saturated heterocycles. The van der Waals surface area contributed by atoms with Gasteiger partial charge in [-0.25, -0.2) is 19.8 Å². The van der Waals surface area contributed by atoms with Crippen LogP contribution in [0.15, 0.2) is 78.9 Å². The normalized spacial score (nSPS) is 10.7. The second-order valence-corrected chi connectivity index (χ2v) is 8.47. The third-order valence-electron chi connectivity index (χ3n) is 5.23. The van der Waals surface area contributed by atoms with Gasteiger partial charge in [-0.15, -0.1) is 0 Å². The summed E-state index contributed by atoms with van der Waals surface area (Å²) >= 11 is 12.0. The number of halogens is 2. The quantitative estimate of drug-likeness (QED) is 0.238. The van der Waals surface area contributed by atoms with E-state index in [1.54, 1.807) is 48.5 Å². The van der Waals surface area contributed by atoms with Crippen LogP contribution in [0.4, 0.5) is 0 Å². The summed E-state index contributed by atoms with van der Waals surface area (Å²) in [7, 11) is 0. The first-order valence-electron chi connectivity index (χ1n) is 10.6. The molecule has 0 aliphatic heterocycles. The Morgan fingerprint density at radius 2 is 1.23 bits per heavy atom. The Hall–Kier alpha value is -3.78. The van der Waals surface area contributed by atoms with Crippen molar-refractivity contribution in [3.05, 3.63) is 106 Å². The number of hydrogen-bond acceptors (Lipinski definition) is 5. The summed E-state index contributed by atoms with van der Waals surface area (Å²) in [5.41, 5.74) is 1.47. The van der Waals surface area contributed by atoms with E-state index in [0.29, 0.717) is 32.7 Å². The lowest BCUT2D eigenvalue weighted by Crippen LogP contribution is -2.32. The monoisotopic (exact) mass is 507 g/mol. The number of benzene rings is 3. The van der Waals surface area contributed by atoms with Crippen LogP contribution in [-0.4, -0.2) is 43.8 Å². The number of amides is 1. The van der Waals surface area contributed by atoms with Crippen LogP contribution in [-0.2, 0) is 6.42 Å². The van der Waals surface area contributed by atoms with Crippen molar-refractivity contribution in [2.75, 3.05) is 6.54 Å². The minimum Gasteiger partial charge on any atom is -0.476 e. The minimum absolute atomic E-state index is 0.0567. The fraction of sp³-hybridized carbons (Fsp3) is 0.0769. The Labute approximate surface area is 211 Å². The van der Waals surface area contributed by atoms with E-state index in [2.05, 4.69) is 9.97 Å². The van der Waals surface area contributed by atoms with Gasteiger partial charge in [0.05, 0.1) is 17.9 Å². The van der Waals surface area contributed by atoms with Crippen LogP contribution in [0.5, 0.6) is 0 Å². The molecule has 35 heavy (non-hydrogen) atoms. The van der Waals surface area contributed by atoms with Gasteiger partial charge in [0.2, 0.25) is 0 Å². The average molecular weight is 508 g/mol. The van der Waals surface area contributed by atoms with Gasteiger partial charge >= 0.3 is 5.97 Å². The zero-order chi connectivity index (χ0) is 24.9. The maximum absolute atomic E-state index is 13.1.